The number of nitrogens with one attached hydrogen (secondary N) is 1. The molecule has 0 radical (unpaired) electrons. The number of amides is 2. The molecule has 2 aliphatic rings. The Morgan fingerprint density at radius 3 is 2.33 bits per heavy atom. The Kier molecular flexibility index (Phi) is 6.91. The van der Waals surface area contributed by atoms with Crippen LogP contribution in [-0.4, -0.2) is 53.9 Å². The highest BCUT2D eigenvalue weighted by molar-refractivity contribution is 6.00. The summed E-state index contributed by atoms with van der Waals surface area (Å²) < 4.78 is 0. The van der Waals surface area contributed by atoms with Crippen molar-refractivity contribution in [2.75, 3.05) is 31.1 Å². The summed E-state index contributed by atoms with van der Waals surface area (Å²) in [5.41, 5.74) is 2.70. The van der Waals surface area contributed by atoms with Gasteiger partial charge < -0.3 is 15.1 Å². The fourth-order valence-corrected chi connectivity index (χ4v) is 4.71. The number of anilines is 1. The number of nitro groups is 1. The van der Waals surface area contributed by atoms with E-state index in [-0.39, 0.29) is 23.5 Å². The Morgan fingerprint density at radius 2 is 1.67 bits per heavy atom. The normalized spacial score (nSPS) is 17.0. The Labute approximate surface area is 193 Å². The van der Waals surface area contributed by atoms with Crippen molar-refractivity contribution in [3.63, 3.8) is 0 Å². The molecule has 33 heavy (non-hydrogen) atoms. The molecule has 0 saturated carbocycles. The predicted molar refractivity (Wildman–Crippen MR) is 127 cm³/mol. The van der Waals surface area contributed by atoms with Gasteiger partial charge in [-0.25, -0.2) is 0 Å². The number of hydrogen-bond donors (Lipinski definition) is 1. The number of nitro benzene ring substituents is 1. The maximum atomic E-state index is 13.4. The molecule has 0 aliphatic carbocycles. The van der Waals surface area contributed by atoms with Crippen LogP contribution in [0.2, 0.25) is 0 Å². The van der Waals surface area contributed by atoms with Gasteiger partial charge in [-0.15, -0.1) is 0 Å². The lowest BCUT2D eigenvalue weighted by Crippen LogP contribution is -2.47. The number of likely N-dealkylation sites (tertiary alicyclic amines) is 1. The second-order valence-electron chi connectivity index (χ2n) is 8.86. The molecule has 1 N–H and O–H groups in total. The summed E-state index contributed by atoms with van der Waals surface area (Å²) in [4.78, 5) is 40.9. The van der Waals surface area contributed by atoms with E-state index in [2.05, 4.69) is 10.2 Å². The van der Waals surface area contributed by atoms with E-state index >= 15 is 0 Å². The minimum absolute atomic E-state index is 0.00664. The summed E-state index contributed by atoms with van der Waals surface area (Å²) in [5.74, 6) is -0.271. The van der Waals surface area contributed by atoms with Gasteiger partial charge >= 0.3 is 0 Å². The van der Waals surface area contributed by atoms with Gasteiger partial charge in [-0.3, -0.25) is 19.7 Å². The van der Waals surface area contributed by atoms with Gasteiger partial charge in [0.15, 0.2) is 0 Å². The number of carbonyl (C=O) groups excluding carboxylic acids is 2. The molecule has 0 aromatic heterocycles. The van der Waals surface area contributed by atoms with E-state index in [1.165, 1.54) is 12.1 Å². The predicted octanol–water partition coefficient (Wildman–Crippen LogP) is 3.93. The molecule has 2 aliphatic heterocycles. The van der Waals surface area contributed by atoms with Gasteiger partial charge in [-0.1, -0.05) is 18.2 Å². The van der Waals surface area contributed by atoms with E-state index in [4.69, 9.17) is 0 Å². The number of nitrogens with zero attached hydrogens (tertiary/aromatic N) is 3. The number of non-ortho nitro benzene ring substituents is 1. The number of carbonyl (C=O) groups is 2. The summed E-state index contributed by atoms with van der Waals surface area (Å²) in [5, 5.41) is 14.4. The minimum atomic E-state index is -0.454. The summed E-state index contributed by atoms with van der Waals surface area (Å²) in [6, 6.07) is 12.1. The molecule has 0 unspecified atom stereocenters. The van der Waals surface area contributed by atoms with Crippen LogP contribution >= 0.6 is 0 Å². The van der Waals surface area contributed by atoms with Crippen molar-refractivity contribution in [3.8, 4) is 0 Å². The molecule has 0 atom stereocenters. The fourth-order valence-electron chi connectivity index (χ4n) is 4.71. The molecule has 8 nitrogen and oxygen atoms in total. The van der Waals surface area contributed by atoms with E-state index in [1.54, 1.807) is 11.0 Å². The monoisotopic (exact) mass is 450 g/mol. The van der Waals surface area contributed by atoms with Crippen molar-refractivity contribution in [3.05, 3.63) is 69.3 Å². The first kappa shape index (κ1) is 22.8. The lowest BCUT2D eigenvalue weighted by atomic mass is 10.0. The topological polar surface area (TPSA) is 95.8 Å². The van der Waals surface area contributed by atoms with Crippen LogP contribution in [0.1, 0.15) is 58.4 Å². The number of benzene rings is 2. The third kappa shape index (κ3) is 5.16. The van der Waals surface area contributed by atoms with Gasteiger partial charge in [0.25, 0.3) is 17.5 Å². The molecular weight excluding hydrogens is 420 g/mol. The van der Waals surface area contributed by atoms with Crippen LogP contribution in [-0.2, 0) is 0 Å². The zero-order valence-corrected chi connectivity index (χ0v) is 19.0. The average Bonchev–Trinajstić information content (AvgIpc) is 2.84. The van der Waals surface area contributed by atoms with Crippen molar-refractivity contribution in [1.82, 2.24) is 10.2 Å². The first-order valence-corrected chi connectivity index (χ1v) is 11.6. The first-order valence-electron chi connectivity index (χ1n) is 11.6. The molecular formula is C25H30N4O4. The third-order valence-corrected chi connectivity index (χ3v) is 6.63. The SMILES string of the molecule is Cc1ccccc1C(=O)NC1CCN(C(=O)c2cc([N+](=O)[O-])ccc2N2CCCCC2)CC1. The average molecular weight is 451 g/mol. The maximum absolute atomic E-state index is 13.4. The highest BCUT2D eigenvalue weighted by atomic mass is 16.6. The minimum Gasteiger partial charge on any atom is -0.371 e. The number of rotatable bonds is 5. The van der Waals surface area contributed by atoms with Crippen molar-refractivity contribution in [2.24, 2.45) is 0 Å². The van der Waals surface area contributed by atoms with Gasteiger partial charge in [0.1, 0.15) is 0 Å². The lowest BCUT2D eigenvalue weighted by molar-refractivity contribution is -0.384. The Balaban J connectivity index is 1.44. The molecule has 2 aromatic carbocycles. The highest BCUT2D eigenvalue weighted by Gasteiger charge is 2.29. The molecule has 8 heteroatoms. The number of aryl methyl sites for hydroxylation is 1. The number of hydrogen-bond acceptors (Lipinski definition) is 5. The third-order valence-electron chi connectivity index (χ3n) is 6.63. The standard InChI is InChI=1S/C25H30N4O4/c1-18-7-3-4-8-21(18)24(30)26-19-11-15-28(16-12-19)25(31)22-17-20(29(32)33)9-10-23(22)27-13-5-2-6-14-27/h3-4,7-10,17,19H,2,5-6,11-16H2,1H3,(H,26,30). The van der Waals surface area contributed by atoms with Crippen LogP contribution < -0.4 is 10.2 Å². The van der Waals surface area contributed by atoms with Crippen molar-refractivity contribution < 1.29 is 14.5 Å². The van der Waals surface area contributed by atoms with Crippen LogP contribution in [0.25, 0.3) is 0 Å². The second kappa shape index (κ2) is 10.0. The second-order valence-corrected chi connectivity index (χ2v) is 8.86. The molecule has 174 valence electrons. The Hall–Kier alpha value is -3.42. The van der Waals surface area contributed by atoms with Crippen LogP contribution in [0.4, 0.5) is 11.4 Å². The molecule has 0 spiro atoms. The molecule has 4 rings (SSSR count). The summed E-state index contributed by atoms with van der Waals surface area (Å²) >= 11 is 0. The van der Waals surface area contributed by atoms with E-state index in [0.717, 1.165) is 43.6 Å². The van der Waals surface area contributed by atoms with E-state index < -0.39 is 4.92 Å². The van der Waals surface area contributed by atoms with Gasteiger partial charge in [0.2, 0.25) is 0 Å². The van der Waals surface area contributed by atoms with Crippen LogP contribution in [0.15, 0.2) is 42.5 Å². The molecule has 2 aromatic rings. The quantitative estimate of drug-likeness (QED) is 0.550. The highest BCUT2D eigenvalue weighted by Crippen LogP contribution is 2.30. The molecule has 0 bridgehead atoms. The zero-order valence-electron chi connectivity index (χ0n) is 19.0. The Morgan fingerprint density at radius 1 is 0.970 bits per heavy atom. The van der Waals surface area contributed by atoms with Gasteiger partial charge in [-0.05, 0) is 56.7 Å². The summed E-state index contributed by atoms with van der Waals surface area (Å²) in [6.07, 6.45) is 4.57. The Bertz CT molecular complexity index is 1040. The lowest BCUT2D eigenvalue weighted by Gasteiger charge is -2.34. The first-order chi connectivity index (χ1) is 15.9. The fraction of sp³-hybridized carbons (Fsp3) is 0.440. The van der Waals surface area contributed by atoms with Crippen molar-refractivity contribution in [2.45, 2.75) is 45.1 Å². The molecule has 2 amide bonds. The van der Waals surface area contributed by atoms with Gasteiger partial charge in [0.05, 0.1) is 16.2 Å². The maximum Gasteiger partial charge on any atom is 0.270 e. The van der Waals surface area contributed by atoms with Gasteiger partial charge in [0, 0.05) is 49.9 Å². The zero-order chi connectivity index (χ0) is 23.4. The smallest absolute Gasteiger partial charge is 0.270 e. The van der Waals surface area contributed by atoms with E-state index in [0.29, 0.717) is 37.1 Å². The summed E-state index contributed by atoms with van der Waals surface area (Å²) in [6.45, 7) is 4.62. The van der Waals surface area contributed by atoms with E-state index in [1.807, 2.05) is 31.2 Å². The van der Waals surface area contributed by atoms with Crippen LogP contribution in [0.3, 0.4) is 0 Å². The van der Waals surface area contributed by atoms with Crippen molar-refractivity contribution >= 4 is 23.2 Å². The number of piperidine rings is 2. The summed E-state index contributed by atoms with van der Waals surface area (Å²) in [7, 11) is 0. The largest absolute Gasteiger partial charge is 0.371 e. The molecule has 2 heterocycles. The molecule has 2 fully saturated rings. The van der Waals surface area contributed by atoms with Crippen LogP contribution in [0, 0.1) is 17.0 Å². The molecule has 2 saturated heterocycles. The van der Waals surface area contributed by atoms with Crippen LogP contribution in [0.5, 0.6) is 0 Å². The van der Waals surface area contributed by atoms with E-state index in [9.17, 15) is 19.7 Å². The van der Waals surface area contributed by atoms with Crippen molar-refractivity contribution in [1.29, 1.82) is 0 Å². The van der Waals surface area contributed by atoms with Gasteiger partial charge in [-0.2, -0.15) is 0 Å².